The standard InChI is InChI=1S/C15H21ClN2O/c1-17(15(19)10-16)12-14-8-5-9-18(14)11-13-6-3-2-4-7-13/h2-4,6-7,14H,5,8-12H2,1H3/t14-/m0/s1. The summed E-state index contributed by atoms with van der Waals surface area (Å²) in [5.74, 6) is 0.0790. The van der Waals surface area contributed by atoms with Crippen molar-refractivity contribution in [2.24, 2.45) is 0 Å². The number of benzene rings is 1. The second-order valence-corrected chi connectivity index (χ2v) is 5.43. The molecule has 1 aliphatic heterocycles. The lowest BCUT2D eigenvalue weighted by Crippen LogP contribution is -2.41. The van der Waals surface area contributed by atoms with Crippen molar-refractivity contribution < 1.29 is 4.79 Å². The molecule has 0 bridgehead atoms. The van der Waals surface area contributed by atoms with E-state index in [9.17, 15) is 4.79 Å². The molecule has 1 saturated heterocycles. The third-order valence-corrected chi connectivity index (χ3v) is 3.98. The van der Waals surface area contributed by atoms with Crippen LogP contribution < -0.4 is 0 Å². The fourth-order valence-corrected chi connectivity index (χ4v) is 2.85. The van der Waals surface area contributed by atoms with Gasteiger partial charge in [0.1, 0.15) is 5.88 Å². The van der Waals surface area contributed by atoms with Gasteiger partial charge in [0.25, 0.3) is 0 Å². The van der Waals surface area contributed by atoms with E-state index < -0.39 is 0 Å². The summed E-state index contributed by atoms with van der Waals surface area (Å²) in [6.45, 7) is 2.86. The Morgan fingerprint density at radius 1 is 1.42 bits per heavy atom. The maximum Gasteiger partial charge on any atom is 0.237 e. The number of hydrogen-bond acceptors (Lipinski definition) is 2. The Morgan fingerprint density at radius 2 is 2.16 bits per heavy atom. The number of carbonyl (C=O) groups excluding carboxylic acids is 1. The SMILES string of the molecule is CN(C[C@@H]1CCCN1Cc1ccccc1)C(=O)CCl. The fourth-order valence-electron chi connectivity index (χ4n) is 2.65. The van der Waals surface area contributed by atoms with Crippen LogP contribution in [0.2, 0.25) is 0 Å². The summed E-state index contributed by atoms with van der Waals surface area (Å²) in [5, 5.41) is 0. The van der Waals surface area contributed by atoms with E-state index in [1.165, 1.54) is 12.0 Å². The first-order valence-electron chi connectivity index (χ1n) is 6.78. The molecule has 0 N–H and O–H groups in total. The predicted molar refractivity (Wildman–Crippen MR) is 78.2 cm³/mol. The average Bonchev–Trinajstić information content (AvgIpc) is 2.86. The Balaban J connectivity index is 1.92. The molecule has 104 valence electrons. The number of alkyl halides is 1. The smallest absolute Gasteiger partial charge is 0.237 e. The van der Waals surface area contributed by atoms with E-state index in [4.69, 9.17) is 11.6 Å². The van der Waals surface area contributed by atoms with E-state index in [1.807, 2.05) is 13.1 Å². The first kappa shape index (κ1) is 14.4. The summed E-state index contributed by atoms with van der Waals surface area (Å²) in [6.07, 6.45) is 2.37. The zero-order chi connectivity index (χ0) is 13.7. The monoisotopic (exact) mass is 280 g/mol. The molecule has 0 saturated carbocycles. The third-order valence-electron chi connectivity index (χ3n) is 3.75. The van der Waals surface area contributed by atoms with Gasteiger partial charge in [-0.1, -0.05) is 30.3 Å². The maximum absolute atomic E-state index is 11.5. The molecule has 1 heterocycles. The highest BCUT2D eigenvalue weighted by Crippen LogP contribution is 2.20. The van der Waals surface area contributed by atoms with Gasteiger partial charge < -0.3 is 4.90 Å². The number of halogens is 1. The van der Waals surface area contributed by atoms with Crippen molar-refractivity contribution in [3.8, 4) is 0 Å². The van der Waals surface area contributed by atoms with Gasteiger partial charge >= 0.3 is 0 Å². The maximum atomic E-state index is 11.5. The second kappa shape index (κ2) is 6.92. The number of carbonyl (C=O) groups is 1. The molecule has 0 spiro atoms. The summed E-state index contributed by atoms with van der Waals surface area (Å²) in [7, 11) is 1.84. The lowest BCUT2D eigenvalue weighted by Gasteiger charge is -2.28. The summed E-state index contributed by atoms with van der Waals surface area (Å²) >= 11 is 5.59. The molecule has 0 unspecified atom stereocenters. The Kier molecular flexibility index (Phi) is 5.23. The Morgan fingerprint density at radius 3 is 2.84 bits per heavy atom. The van der Waals surface area contributed by atoms with E-state index >= 15 is 0 Å². The van der Waals surface area contributed by atoms with Crippen LogP contribution >= 0.6 is 11.6 Å². The molecule has 1 amide bonds. The number of nitrogens with zero attached hydrogens (tertiary/aromatic N) is 2. The molecule has 1 atom stereocenters. The van der Waals surface area contributed by atoms with Crippen molar-refractivity contribution in [1.29, 1.82) is 0 Å². The summed E-state index contributed by atoms with van der Waals surface area (Å²) in [5.41, 5.74) is 1.33. The van der Waals surface area contributed by atoms with Crippen LogP contribution in [0.25, 0.3) is 0 Å². The van der Waals surface area contributed by atoms with Gasteiger partial charge in [-0.25, -0.2) is 0 Å². The van der Waals surface area contributed by atoms with Crippen LogP contribution in [0.4, 0.5) is 0 Å². The van der Waals surface area contributed by atoms with E-state index in [2.05, 4.69) is 29.2 Å². The molecule has 1 fully saturated rings. The molecule has 0 radical (unpaired) electrons. The first-order chi connectivity index (χ1) is 9.20. The minimum atomic E-state index is 0.00762. The molecular weight excluding hydrogens is 260 g/mol. The molecule has 1 aliphatic rings. The molecule has 3 nitrogen and oxygen atoms in total. The van der Waals surface area contributed by atoms with Gasteiger partial charge in [-0.15, -0.1) is 11.6 Å². The Hall–Kier alpha value is -1.06. The molecule has 4 heteroatoms. The van der Waals surface area contributed by atoms with E-state index in [1.54, 1.807) is 4.90 Å². The van der Waals surface area contributed by atoms with Crippen molar-refractivity contribution in [3.05, 3.63) is 35.9 Å². The van der Waals surface area contributed by atoms with Crippen molar-refractivity contribution in [2.45, 2.75) is 25.4 Å². The van der Waals surface area contributed by atoms with E-state index in [-0.39, 0.29) is 11.8 Å². The predicted octanol–water partition coefficient (Wildman–Crippen LogP) is 2.35. The van der Waals surface area contributed by atoms with Crippen molar-refractivity contribution in [2.75, 3.05) is 26.0 Å². The molecule has 0 aliphatic carbocycles. The first-order valence-corrected chi connectivity index (χ1v) is 7.32. The summed E-state index contributed by atoms with van der Waals surface area (Å²) in [4.78, 5) is 15.8. The van der Waals surface area contributed by atoms with Gasteiger partial charge in [0.15, 0.2) is 0 Å². The third kappa shape index (κ3) is 3.95. The molecular formula is C15H21ClN2O. The van der Waals surface area contributed by atoms with Crippen LogP contribution in [0.15, 0.2) is 30.3 Å². The molecule has 1 aromatic carbocycles. The van der Waals surface area contributed by atoms with Crippen LogP contribution in [0.1, 0.15) is 18.4 Å². The minimum absolute atomic E-state index is 0.00762. The van der Waals surface area contributed by atoms with Gasteiger partial charge in [-0.3, -0.25) is 9.69 Å². The quantitative estimate of drug-likeness (QED) is 0.773. The van der Waals surface area contributed by atoms with E-state index in [0.717, 1.165) is 26.1 Å². The number of likely N-dealkylation sites (tertiary alicyclic amines) is 1. The lowest BCUT2D eigenvalue weighted by atomic mass is 10.1. The van der Waals surface area contributed by atoms with Gasteiger partial charge in [0.2, 0.25) is 5.91 Å². The lowest BCUT2D eigenvalue weighted by molar-refractivity contribution is -0.127. The van der Waals surface area contributed by atoms with Crippen LogP contribution in [0, 0.1) is 0 Å². The number of rotatable bonds is 5. The van der Waals surface area contributed by atoms with Crippen LogP contribution in [0.5, 0.6) is 0 Å². The average molecular weight is 281 g/mol. The largest absolute Gasteiger partial charge is 0.343 e. The minimum Gasteiger partial charge on any atom is -0.343 e. The molecule has 1 aromatic rings. The summed E-state index contributed by atoms with van der Waals surface area (Å²) < 4.78 is 0. The normalized spacial score (nSPS) is 19.6. The number of amides is 1. The zero-order valence-electron chi connectivity index (χ0n) is 11.4. The summed E-state index contributed by atoms with van der Waals surface area (Å²) in [6, 6.07) is 11.0. The molecule has 0 aromatic heterocycles. The van der Waals surface area contributed by atoms with Crippen molar-refractivity contribution in [1.82, 2.24) is 9.80 Å². The van der Waals surface area contributed by atoms with Crippen LogP contribution in [0.3, 0.4) is 0 Å². The molecule has 2 rings (SSSR count). The highest BCUT2D eigenvalue weighted by Gasteiger charge is 2.26. The second-order valence-electron chi connectivity index (χ2n) is 5.16. The zero-order valence-corrected chi connectivity index (χ0v) is 12.1. The van der Waals surface area contributed by atoms with Gasteiger partial charge in [0.05, 0.1) is 0 Å². The van der Waals surface area contributed by atoms with Crippen LogP contribution in [-0.2, 0) is 11.3 Å². The van der Waals surface area contributed by atoms with Gasteiger partial charge in [0, 0.05) is 26.2 Å². The number of hydrogen-bond donors (Lipinski definition) is 0. The van der Waals surface area contributed by atoms with E-state index in [0.29, 0.717) is 6.04 Å². The fraction of sp³-hybridized carbons (Fsp3) is 0.533. The topological polar surface area (TPSA) is 23.6 Å². The highest BCUT2D eigenvalue weighted by molar-refractivity contribution is 6.27. The van der Waals surface area contributed by atoms with Gasteiger partial charge in [-0.2, -0.15) is 0 Å². The van der Waals surface area contributed by atoms with Crippen molar-refractivity contribution >= 4 is 17.5 Å². The van der Waals surface area contributed by atoms with Crippen molar-refractivity contribution in [3.63, 3.8) is 0 Å². The van der Waals surface area contributed by atoms with Crippen LogP contribution in [-0.4, -0.2) is 47.8 Å². The Bertz CT molecular complexity index is 410. The molecule has 19 heavy (non-hydrogen) atoms. The number of likely N-dealkylation sites (N-methyl/N-ethyl adjacent to an activating group) is 1. The Labute approximate surface area is 120 Å². The highest BCUT2D eigenvalue weighted by atomic mass is 35.5. The van der Waals surface area contributed by atoms with Gasteiger partial charge in [-0.05, 0) is 24.9 Å².